The summed E-state index contributed by atoms with van der Waals surface area (Å²) in [6.45, 7) is 0.940. The van der Waals surface area contributed by atoms with Crippen molar-refractivity contribution in [1.29, 1.82) is 0 Å². The Labute approximate surface area is 134 Å². The fourth-order valence-electron chi connectivity index (χ4n) is 2.35. The van der Waals surface area contributed by atoms with E-state index in [9.17, 15) is 9.90 Å². The van der Waals surface area contributed by atoms with Crippen LogP contribution in [0.25, 0.3) is 10.9 Å². The first kappa shape index (κ1) is 13.8. The molecule has 0 fully saturated rings. The van der Waals surface area contributed by atoms with Gasteiger partial charge in [-0.1, -0.05) is 6.07 Å². The Morgan fingerprint density at radius 2 is 2.04 bits per heavy atom. The molecule has 116 valence electrons. The molecule has 2 aromatic heterocycles. The molecule has 23 heavy (non-hydrogen) atoms. The molecule has 8 heteroatoms. The minimum Gasteiger partial charge on any atom is -0.493 e. The molecule has 2 N–H and O–H groups in total. The van der Waals surface area contributed by atoms with Gasteiger partial charge in [0.2, 0.25) is 5.88 Å². The first-order valence-corrected chi connectivity index (χ1v) is 7.74. The maximum atomic E-state index is 11.9. The largest absolute Gasteiger partial charge is 0.493 e. The van der Waals surface area contributed by atoms with E-state index >= 15 is 0 Å². The molecule has 3 heterocycles. The predicted molar refractivity (Wildman–Crippen MR) is 84.1 cm³/mol. The molecule has 0 bridgehead atoms. The van der Waals surface area contributed by atoms with Crippen LogP contribution in [0.15, 0.2) is 39.9 Å². The zero-order valence-electron chi connectivity index (χ0n) is 11.8. The van der Waals surface area contributed by atoms with Crippen molar-refractivity contribution in [2.75, 3.05) is 13.2 Å². The maximum Gasteiger partial charge on any atom is 0.305 e. The molecule has 1 amide bonds. The summed E-state index contributed by atoms with van der Waals surface area (Å²) in [6, 6.07) is 6.87. The molecule has 3 aromatic rings. The van der Waals surface area contributed by atoms with Gasteiger partial charge in [0.15, 0.2) is 17.2 Å². The fraction of sp³-hybridized carbons (Fsp3) is 0.133. The molecular formula is C15H11N3O4S. The third-order valence-corrected chi connectivity index (χ3v) is 4.25. The van der Waals surface area contributed by atoms with E-state index < -0.39 is 5.91 Å². The molecule has 1 aliphatic rings. The highest BCUT2D eigenvalue weighted by Gasteiger charge is 2.18. The van der Waals surface area contributed by atoms with Gasteiger partial charge in [-0.05, 0) is 17.5 Å². The van der Waals surface area contributed by atoms with E-state index in [0.29, 0.717) is 40.5 Å². The molecular weight excluding hydrogens is 318 g/mol. The molecule has 0 spiro atoms. The Hall–Kier alpha value is -2.87. The lowest BCUT2D eigenvalue weighted by Gasteiger charge is -2.17. The van der Waals surface area contributed by atoms with Gasteiger partial charge < -0.3 is 19.6 Å². The summed E-state index contributed by atoms with van der Waals surface area (Å²) >= 11 is 1.28. The SMILES string of the molecule is O=C(N=Nc1c(O)[nH]c2cc3c(cc12)OCCO3)c1cccs1. The number of fused-ring (bicyclic) bond motifs is 2. The number of hydrogen-bond donors (Lipinski definition) is 2. The number of aromatic hydroxyl groups is 1. The zero-order chi connectivity index (χ0) is 15.8. The highest BCUT2D eigenvalue weighted by Crippen LogP contribution is 2.42. The second-order valence-corrected chi connectivity index (χ2v) is 5.79. The number of ether oxygens (including phenoxy) is 2. The van der Waals surface area contributed by atoms with E-state index in [4.69, 9.17) is 9.47 Å². The number of H-pyrrole nitrogens is 1. The number of carbonyl (C=O) groups excluding carboxylic acids is 1. The third-order valence-electron chi connectivity index (χ3n) is 3.39. The second-order valence-electron chi connectivity index (χ2n) is 4.85. The first-order valence-electron chi connectivity index (χ1n) is 6.86. The van der Waals surface area contributed by atoms with Crippen LogP contribution in [0.4, 0.5) is 5.69 Å². The van der Waals surface area contributed by atoms with E-state index in [1.807, 2.05) is 0 Å². The number of benzene rings is 1. The number of rotatable bonds is 2. The zero-order valence-corrected chi connectivity index (χ0v) is 12.6. The van der Waals surface area contributed by atoms with Crippen LogP contribution in [-0.4, -0.2) is 29.2 Å². The Balaban J connectivity index is 1.74. The van der Waals surface area contributed by atoms with Crippen LogP contribution >= 0.6 is 11.3 Å². The van der Waals surface area contributed by atoms with Crippen molar-refractivity contribution in [2.24, 2.45) is 10.2 Å². The number of nitrogens with zero attached hydrogens (tertiary/aromatic N) is 2. The second kappa shape index (κ2) is 5.40. The number of nitrogens with one attached hydrogen (secondary N) is 1. The molecule has 0 radical (unpaired) electrons. The van der Waals surface area contributed by atoms with Crippen LogP contribution in [0.5, 0.6) is 17.4 Å². The number of hydrogen-bond acceptors (Lipinski definition) is 6. The van der Waals surface area contributed by atoms with Crippen LogP contribution in [0.1, 0.15) is 9.67 Å². The molecule has 0 unspecified atom stereocenters. The Bertz CT molecular complexity index is 915. The van der Waals surface area contributed by atoms with E-state index in [2.05, 4.69) is 15.2 Å². The standard InChI is InChI=1S/C15H11N3O4S/c19-14(12-2-1-5-23-12)18-17-13-8-6-10-11(22-4-3-21-10)7-9(8)16-15(13)20/h1-2,5-7,16,20H,3-4H2. The van der Waals surface area contributed by atoms with Crippen LogP contribution in [-0.2, 0) is 0 Å². The number of aromatic amines is 1. The fourth-order valence-corrected chi connectivity index (χ4v) is 2.95. The summed E-state index contributed by atoms with van der Waals surface area (Å²) < 4.78 is 11.0. The molecule has 0 aliphatic carbocycles. The Kier molecular flexibility index (Phi) is 3.23. The molecule has 0 atom stereocenters. The molecule has 1 aromatic carbocycles. The van der Waals surface area contributed by atoms with Gasteiger partial charge in [-0.15, -0.1) is 21.6 Å². The minimum atomic E-state index is -0.453. The molecule has 0 saturated heterocycles. The highest BCUT2D eigenvalue weighted by molar-refractivity contribution is 7.12. The van der Waals surface area contributed by atoms with E-state index in [0.717, 1.165) is 0 Å². The van der Waals surface area contributed by atoms with Crippen LogP contribution in [0, 0.1) is 0 Å². The van der Waals surface area contributed by atoms with E-state index in [1.165, 1.54) is 11.3 Å². The van der Waals surface area contributed by atoms with Crippen LogP contribution < -0.4 is 9.47 Å². The van der Waals surface area contributed by atoms with Gasteiger partial charge in [0.1, 0.15) is 13.2 Å². The minimum absolute atomic E-state index is 0.162. The predicted octanol–water partition coefficient (Wildman–Crippen LogP) is 3.63. The van der Waals surface area contributed by atoms with Crippen molar-refractivity contribution in [3.63, 3.8) is 0 Å². The Morgan fingerprint density at radius 3 is 2.78 bits per heavy atom. The first-order chi connectivity index (χ1) is 11.2. The van der Waals surface area contributed by atoms with Crippen molar-refractivity contribution >= 4 is 33.8 Å². The van der Waals surface area contributed by atoms with E-state index in [-0.39, 0.29) is 11.6 Å². The molecule has 4 rings (SSSR count). The lowest BCUT2D eigenvalue weighted by atomic mass is 10.2. The highest BCUT2D eigenvalue weighted by atomic mass is 32.1. The summed E-state index contributed by atoms with van der Waals surface area (Å²) in [5.41, 5.74) is 0.825. The summed E-state index contributed by atoms with van der Waals surface area (Å²) in [5.74, 6) is 0.559. The smallest absolute Gasteiger partial charge is 0.305 e. The van der Waals surface area contributed by atoms with Gasteiger partial charge in [0, 0.05) is 11.5 Å². The normalized spacial score (nSPS) is 13.7. The summed E-state index contributed by atoms with van der Waals surface area (Å²) in [4.78, 5) is 15.2. The number of thiophene rings is 1. The van der Waals surface area contributed by atoms with Gasteiger partial charge in [-0.25, -0.2) is 0 Å². The monoisotopic (exact) mass is 329 g/mol. The number of azo groups is 1. The lowest BCUT2D eigenvalue weighted by molar-refractivity contribution is 0.0999. The van der Waals surface area contributed by atoms with Gasteiger partial charge in [-0.3, -0.25) is 4.79 Å². The average molecular weight is 329 g/mol. The molecule has 7 nitrogen and oxygen atoms in total. The number of amides is 1. The summed E-state index contributed by atoms with van der Waals surface area (Å²) in [6.07, 6.45) is 0. The van der Waals surface area contributed by atoms with Crippen molar-refractivity contribution in [1.82, 2.24) is 4.98 Å². The van der Waals surface area contributed by atoms with Crippen molar-refractivity contribution in [3.05, 3.63) is 34.5 Å². The average Bonchev–Trinajstić information content (AvgIpc) is 3.18. The summed E-state index contributed by atoms with van der Waals surface area (Å²) in [5, 5.41) is 20.0. The van der Waals surface area contributed by atoms with Crippen molar-refractivity contribution in [3.8, 4) is 17.4 Å². The molecule has 1 aliphatic heterocycles. The van der Waals surface area contributed by atoms with Gasteiger partial charge >= 0.3 is 5.91 Å². The quantitative estimate of drug-likeness (QED) is 0.702. The Morgan fingerprint density at radius 1 is 1.26 bits per heavy atom. The van der Waals surface area contributed by atoms with Crippen molar-refractivity contribution in [2.45, 2.75) is 0 Å². The number of aromatic nitrogens is 1. The topological polar surface area (TPSA) is 96.3 Å². The summed E-state index contributed by atoms with van der Waals surface area (Å²) in [7, 11) is 0. The lowest BCUT2D eigenvalue weighted by Crippen LogP contribution is -2.15. The van der Waals surface area contributed by atoms with Crippen LogP contribution in [0.2, 0.25) is 0 Å². The number of carbonyl (C=O) groups is 1. The van der Waals surface area contributed by atoms with Gasteiger partial charge in [0.25, 0.3) is 0 Å². The van der Waals surface area contributed by atoms with E-state index in [1.54, 1.807) is 29.6 Å². The van der Waals surface area contributed by atoms with Crippen LogP contribution in [0.3, 0.4) is 0 Å². The third kappa shape index (κ3) is 2.42. The van der Waals surface area contributed by atoms with Gasteiger partial charge in [-0.2, -0.15) is 0 Å². The van der Waals surface area contributed by atoms with Crippen molar-refractivity contribution < 1.29 is 19.4 Å². The molecule has 0 saturated carbocycles. The maximum absolute atomic E-state index is 11.9. The van der Waals surface area contributed by atoms with Gasteiger partial charge in [0.05, 0.1) is 10.4 Å².